The molecule has 3 nitrogen and oxygen atoms in total. The lowest BCUT2D eigenvalue weighted by molar-refractivity contribution is 0.352. The number of sulfonamides is 1. The molecule has 0 bridgehead atoms. The Morgan fingerprint density at radius 3 is 2.31 bits per heavy atom. The van der Waals surface area contributed by atoms with Crippen LogP contribution in [0.4, 0.5) is 0 Å². The van der Waals surface area contributed by atoms with E-state index in [9.17, 15) is 8.42 Å². The van der Waals surface area contributed by atoms with Gasteiger partial charge in [0.15, 0.2) is 0 Å². The minimum absolute atomic E-state index is 0.0655. The van der Waals surface area contributed by atoms with Crippen LogP contribution in [-0.4, -0.2) is 26.6 Å². The molecule has 0 aromatic rings. The number of hydrogen-bond donors (Lipinski definition) is 1. The van der Waals surface area contributed by atoms with E-state index in [4.69, 9.17) is 11.6 Å². The topological polar surface area (TPSA) is 46.2 Å². The maximum absolute atomic E-state index is 11.1. The van der Waals surface area contributed by atoms with E-state index in [1.165, 1.54) is 0 Å². The van der Waals surface area contributed by atoms with Gasteiger partial charge in [0.1, 0.15) is 0 Å². The van der Waals surface area contributed by atoms with Gasteiger partial charge in [-0.2, -0.15) is 0 Å². The van der Waals surface area contributed by atoms with E-state index >= 15 is 0 Å². The summed E-state index contributed by atoms with van der Waals surface area (Å²) in [6, 6.07) is 0. The van der Waals surface area contributed by atoms with Gasteiger partial charge >= 0.3 is 0 Å². The van der Waals surface area contributed by atoms with Crippen LogP contribution in [0.1, 0.15) is 27.2 Å². The Morgan fingerprint density at radius 2 is 1.92 bits per heavy atom. The van der Waals surface area contributed by atoms with Crippen LogP contribution in [0.3, 0.4) is 0 Å². The lowest BCUT2D eigenvalue weighted by Gasteiger charge is -2.23. The van der Waals surface area contributed by atoms with Crippen LogP contribution in [0.2, 0.25) is 0 Å². The van der Waals surface area contributed by atoms with Gasteiger partial charge in [0.05, 0.1) is 5.75 Å². The summed E-state index contributed by atoms with van der Waals surface area (Å²) in [5.41, 5.74) is -0.0655. The number of halogens is 1. The quantitative estimate of drug-likeness (QED) is 0.701. The van der Waals surface area contributed by atoms with Gasteiger partial charge in [-0.3, -0.25) is 0 Å². The lowest BCUT2D eigenvalue weighted by atomic mass is 9.91. The van der Waals surface area contributed by atoms with Crippen molar-refractivity contribution in [2.75, 3.05) is 18.2 Å². The van der Waals surface area contributed by atoms with Crippen LogP contribution >= 0.6 is 11.6 Å². The normalized spacial score (nSPS) is 13.2. The summed E-state index contributed by atoms with van der Waals surface area (Å²) in [5, 5.41) is 0. The zero-order chi connectivity index (χ0) is 10.5. The van der Waals surface area contributed by atoms with Gasteiger partial charge in [0.25, 0.3) is 0 Å². The first-order valence-electron chi connectivity index (χ1n) is 4.36. The van der Waals surface area contributed by atoms with Crippen molar-refractivity contribution in [3.8, 4) is 0 Å². The van der Waals surface area contributed by atoms with Gasteiger partial charge in [-0.05, 0) is 18.8 Å². The molecule has 0 aromatic carbocycles. The van der Waals surface area contributed by atoms with E-state index in [1.54, 1.807) is 6.92 Å². The summed E-state index contributed by atoms with van der Waals surface area (Å²) >= 11 is 5.59. The third-order valence-corrected chi connectivity index (χ3v) is 3.46. The fourth-order valence-electron chi connectivity index (χ4n) is 0.752. The molecule has 0 aliphatic heterocycles. The Hall–Kier alpha value is 0.200. The highest BCUT2D eigenvalue weighted by molar-refractivity contribution is 7.89. The molecule has 0 amide bonds. The average molecular weight is 228 g/mol. The van der Waals surface area contributed by atoms with Crippen molar-refractivity contribution in [1.29, 1.82) is 0 Å². The molecule has 0 spiro atoms. The van der Waals surface area contributed by atoms with Crippen LogP contribution < -0.4 is 4.72 Å². The average Bonchev–Trinajstić information content (AvgIpc) is 2.02. The van der Waals surface area contributed by atoms with Crippen molar-refractivity contribution in [1.82, 2.24) is 4.72 Å². The molecule has 0 atom stereocenters. The molecule has 0 saturated carbocycles. The predicted octanol–water partition coefficient (Wildman–Crippen LogP) is 1.58. The highest BCUT2D eigenvalue weighted by Crippen LogP contribution is 2.19. The summed E-state index contributed by atoms with van der Waals surface area (Å²) in [7, 11) is -3.06. The minimum atomic E-state index is -3.06. The molecule has 0 saturated heterocycles. The molecule has 13 heavy (non-hydrogen) atoms. The fourth-order valence-corrected chi connectivity index (χ4v) is 2.08. The molecule has 0 aliphatic rings. The first-order chi connectivity index (χ1) is 5.83. The number of alkyl halides is 1. The molecule has 0 unspecified atom stereocenters. The first-order valence-corrected chi connectivity index (χ1v) is 6.55. The van der Waals surface area contributed by atoms with E-state index in [-0.39, 0.29) is 11.2 Å². The smallest absolute Gasteiger partial charge is 0.211 e. The van der Waals surface area contributed by atoms with Crippen molar-refractivity contribution >= 4 is 21.6 Å². The Morgan fingerprint density at radius 1 is 1.38 bits per heavy atom. The zero-order valence-corrected chi connectivity index (χ0v) is 10.0. The van der Waals surface area contributed by atoms with Gasteiger partial charge in [0.2, 0.25) is 10.0 Å². The van der Waals surface area contributed by atoms with Crippen LogP contribution in [0.25, 0.3) is 0 Å². The van der Waals surface area contributed by atoms with E-state index in [2.05, 4.69) is 4.72 Å². The van der Waals surface area contributed by atoms with Gasteiger partial charge in [0, 0.05) is 12.4 Å². The number of nitrogens with one attached hydrogen (secondary N) is 1. The molecule has 0 radical (unpaired) electrons. The zero-order valence-electron chi connectivity index (χ0n) is 8.43. The predicted molar refractivity (Wildman–Crippen MR) is 56.6 cm³/mol. The SMILES string of the molecule is CCS(=O)(=O)NCC(C)(C)CCCl. The summed E-state index contributed by atoms with van der Waals surface area (Å²) < 4.78 is 24.8. The van der Waals surface area contributed by atoms with E-state index < -0.39 is 10.0 Å². The van der Waals surface area contributed by atoms with Crippen LogP contribution in [-0.2, 0) is 10.0 Å². The minimum Gasteiger partial charge on any atom is -0.215 e. The van der Waals surface area contributed by atoms with Gasteiger partial charge < -0.3 is 0 Å². The van der Waals surface area contributed by atoms with Crippen molar-refractivity contribution in [3.63, 3.8) is 0 Å². The van der Waals surface area contributed by atoms with Crippen LogP contribution in [0.5, 0.6) is 0 Å². The summed E-state index contributed by atoms with van der Waals surface area (Å²) in [5.74, 6) is 0.685. The second-order valence-corrected chi connectivity index (χ2v) is 6.30. The third kappa shape index (κ3) is 6.29. The van der Waals surface area contributed by atoms with Crippen molar-refractivity contribution in [2.24, 2.45) is 5.41 Å². The Labute approximate surface area is 85.9 Å². The van der Waals surface area contributed by atoms with Gasteiger partial charge in [-0.1, -0.05) is 13.8 Å². The molecule has 0 aliphatic carbocycles. The molecule has 0 rings (SSSR count). The van der Waals surface area contributed by atoms with Gasteiger partial charge in [-0.25, -0.2) is 13.1 Å². The van der Waals surface area contributed by atoms with Crippen molar-refractivity contribution < 1.29 is 8.42 Å². The number of hydrogen-bond acceptors (Lipinski definition) is 2. The molecular weight excluding hydrogens is 210 g/mol. The maximum Gasteiger partial charge on any atom is 0.211 e. The van der Waals surface area contributed by atoms with Crippen molar-refractivity contribution in [2.45, 2.75) is 27.2 Å². The maximum atomic E-state index is 11.1. The Balaban J connectivity index is 4.01. The highest BCUT2D eigenvalue weighted by Gasteiger charge is 2.19. The standard InChI is InChI=1S/C8H18ClNO2S/c1-4-13(11,12)10-7-8(2,3)5-6-9/h10H,4-7H2,1-3H3. The Kier molecular flexibility index (Phi) is 5.25. The van der Waals surface area contributed by atoms with Crippen LogP contribution in [0, 0.1) is 5.41 Å². The molecular formula is C8H18ClNO2S. The van der Waals surface area contributed by atoms with E-state index in [0.717, 1.165) is 6.42 Å². The second-order valence-electron chi connectivity index (χ2n) is 3.83. The summed E-state index contributed by atoms with van der Waals surface area (Å²) in [4.78, 5) is 0. The molecule has 80 valence electrons. The number of rotatable bonds is 6. The molecule has 5 heteroatoms. The fraction of sp³-hybridized carbons (Fsp3) is 1.00. The Bertz CT molecular complexity index is 237. The highest BCUT2D eigenvalue weighted by atomic mass is 35.5. The molecule has 0 aromatic heterocycles. The van der Waals surface area contributed by atoms with Gasteiger partial charge in [-0.15, -0.1) is 11.6 Å². The van der Waals surface area contributed by atoms with Crippen molar-refractivity contribution in [3.05, 3.63) is 0 Å². The first kappa shape index (κ1) is 13.2. The summed E-state index contributed by atoms with van der Waals surface area (Å²) in [6.07, 6.45) is 0.806. The van der Waals surface area contributed by atoms with Crippen LogP contribution in [0.15, 0.2) is 0 Å². The molecule has 1 N–H and O–H groups in total. The largest absolute Gasteiger partial charge is 0.215 e. The molecule has 0 fully saturated rings. The molecule has 0 heterocycles. The van der Waals surface area contributed by atoms with E-state index in [1.807, 2.05) is 13.8 Å². The monoisotopic (exact) mass is 227 g/mol. The summed E-state index contributed by atoms with van der Waals surface area (Å²) in [6.45, 7) is 6.06. The van der Waals surface area contributed by atoms with E-state index in [0.29, 0.717) is 12.4 Å². The second kappa shape index (κ2) is 5.17. The lowest BCUT2D eigenvalue weighted by Crippen LogP contribution is -2.35. The third-order valence-electron chi connectivity index (χ3n) is 1.92.